The van der Waals surface area contributed by atoms with Gasteiger partial charge in [0.2, 0.25) is 5.91 Å². The van der Waals surface area contributed by atoms with Crippen LogP contribution in [0.2, 0.25) is 0 Å². The molecule has 0 saturated heterocycles. The first-order valence-corrected chi connectivity index (χ1v) is 7.52. The molecular formula is C19H17FN2O. The van der Waals surface area contributed by atoms with Crippen LogP contribution in [0.3, 0.4) is 0 Å². The average Bonchev–Trinajstić information content (AvgIpc) is 2.54. The summed E-state index contributed by atoms with van der Waals surface area (Å²) in [5.74, 6) is -0.437. The fourth-order valence-electron chi connectivity index (χ4n) is 2.55. The highest BCUT2D eigenvalue weighted by molar-refractivity contribution is 6.01. The van der Waals surface area contributed by atoms with Gasteiger partial charge in [0.05, 0.1) is 11.2 Å². The van der Waals surface area contributed by atoms with E-state index in [-0.39, 0.29) is 11.7 Å². The molecule has 0 bridgehead atoms. The standard InChI is InChI=1S/C19H17FN2O/c1-13-11-18(16-12-15(20)8-9-17(16)21-13)22-19(23)10-7-14-5-3-2-4-6-14/h2-6,8-9,11-12H,7,10H2,1H3,(H,21,22,23). The van der Waals surface area contributed by atoms with Crippen LogP contribution < -0.4 is 5.32 Å². The fraction of sp³-hybridized carbons (Fsp3) is 0.158. The van der Waals surface area contributed by atoms with Gasteiger partial charge in [0.1, 0.15) is 5.82 Å². The molecule has 0 aliphatic heterocycles. The van der Waals surface area contributed by atoms with Crippen molar-refractivity contribution in [2.24, 2.45) is 0 Å². The second-order valence-electron chi connectivity index (χ2n) is 5.51. The molecule has 0 radical (unpaired) electrons. The van der Waals surface area contributed by atoms with Crippen LogP contribution in [-0.2, 0) is 11.2 Å². The number of fused-ring (bicyclic) bond motifs is 1. The van der Waals surface area contributed by atoms with Crippen molar-refractivity contribution in [3.8, 4) is 0 Å². The lowest BCUT2D eigenvalue weighted by Gasteiger charge is -2.10. The highest BCUT2D eigenvalue weighted by Crippen LogP contribution is 2.24. The second kappa shape index (κ2) is 6.57. The predicted octanol–water partition coefficient (Wildman–Crippen LogP) is 4.25. The van der Waals surface area contributed by atoms with Crippen molar-refractivity contribution in [2.45, 2.75) is 19.8 Å². The van der Waals surface area contributed by atoms with Crippen molar-refractivity contribution < 1.29 is 9.18 Å². The Labute approximate surface area is 134 Å². The first kappa shape index (κ1) is 15.2. The molecule has 1 N–H and O–H groups in total. The van der Waals surface area contributed by atoms with E-state index in [1.165, 1.54) is 12.1 Å². The maximum absolute atomic E-state index is 13.5. The third-order valence-corrected chi connectivity index (χ3v) is 3.66. The van der Waals surface area contributed by atoms with Gasteiger partial charge in [-0.3, -0.25) is 9.78 Å². The van der Waals surface area contributed by atoms with Crippen molar-refractivity contribution in [3.63, 3.8) is 0 Å². The predicted molar refractivity (Wildman–Crippen MR) is 89.8 cm³/mol. The summed E-state index contributed by atoms with van der Waals surface area (Å²) < 4.78 is 13.5. The summed E-state index contributed by atoms with van der Waals surface area (Å²) in [6.07, 6.45) is 1.05. The lowest BCUT2D eigenvalue weighted by Crippen LogP contribution is -2.13. The SMILES string of the molecule is Cc1cc(NC(=O)CCc2ccccc2)c2cc(F)ccc2n1. The number of carbonyl (C=O) groups excluding carboxylic acids is 1. The first-order chi connectivity index (χ1) is 11.1. The molecule has 23 heavy (non-hydrogen) atoms. The van der Waals surface area contributed by atoms with E-state index >= 15 is 0 Å². The van der Waals surface area contributed by atoms with Crippen LogP contribution >= 0.6 is 0 Å². The highest BCUT2D eigenvalue weighted by atomic mass is 19.1. The number of aromatic nitrogens is 1. The molecule has 3 aromatic rings. The van der Waals surface area contributed by atoms with Crippen LogP contribution in [-0.4, -0.2) is 10.9 Å². The van der Waals surface area contributed by atoms with Gasteiger partial charge < -0.3 is 5.32 Å². The van der Waals surface area contributed by atoms with Gasteiger partial charge in [-0.25, -0.2) is 4.39 Å². The Bertz CT molecular complexity index is 847. The molecule has 2 aromatic carbocycles. The van der Waals surface area contributed by atoms with Gasteiger partial charge in [-0.2, -0.15) is 0 Å². The molecule has 1 amide bonds. The summed E-state index contributed by atoms with van der Waals surface area (Å²) in [6, 6.07) is 16.0. The molecule has 3 nitrogen and oxygen atoms in total. The number of nitrogens with one attached hydrogen (secondary N) is 1. The smallest absolute Gasteiger partial charge is 0.224 e. The van der Waals surface area contributed by atoms with Gasteiger partial charge >= 0.3 is 0 Å². The number of hydrogen-bond donors (Lipinski definition) is 1. The number of aryl methyl sites for hydroxylation is 2. The van der Waals surface area contributed by atoms with Crippen LogP contribution in [0.5, 0.6) is 0 Å². The zero-order chi connectivity index (χ0) is 16.2. The Balaban J connectivity index is 1.78. The summed E-state index contributed by atoms with van der Waals surface area (Å²) in [5, 5.41) is 3.49. The van der Waals surface area contributed by atoms with Crippen LogP contribution in [0.1, 0.15) is 17.7 Å². The minimum absolute atomic E-state index is 0.0926. The fourth-order valence-corrected chi connectivity index (χ4v) is 2.55. The average molecular weight is 308 g/mol. The lowest BCUT2D eigenvalue weighted by molar-refractivity contribution is -0.116. The summed E-state index contributed by atoms with van der Waals surface area (Å²) in [6.45, 7) is 1.85. The van der Waals surface area contributed by atoms with E-state index in [0.717, 1.165) is 11.3 Å². The maximum Gasteiger partial charge on any atom is 0.224 e. The minimum atomic E-state index is -0.345. The molecule has 0 atom stereocenters. The largest absolute Gasteiger partial charge is 0.325 e. The molecule has 0 aliphatic rings. The van der Waals surface area contributed by atoms with E-state index in [4.69, 9.17) is 0 Å². The number of benzene rings is 2. The molecular weight excluding hydrogens is 291 g/mol. The van der Waals surface area contributed by atoms with Crippen LogP contribution in [0.4, 0.5) is 10.1 Å². The van der Waals surface area contributed by atoms with Gasteiger partial charge in [-0.1, -0.05) is 30.3 Å². The molecule has 4 heteroatoms. The van der Waals surface area contributed by atoms with Gasteiger partial charge in [0.15, 0.2) is 0 Å². The van der Waals surface area contributed by atoms with E-state index in [1.807, 2.05) is 37.3 Å². The topological polar surface area (TPSA) is 42.0 Å². The summed E-state index contributed by atoms with van der Waals surface area (Å²) in [7, 11) is 0. The van der Waals surface area contributed by atoms with E-state index in [9.17, 15) is 9.18 Å². The normalized spacial score (nSPS) is 10.7. The Kier molecular flexibility index (Phi) is 4.33. The van der Waals surface area contributed by atoms with Crippen LogP contribution in [0, 0.1) is 12.7 Å². The van der Waals surface area contributed by atoms with Crippen LogP contribution in [0.15, 0.2) is 54.6 Å². The third-order valence-electron chi connectivity index (χ3n) is 3.66. The molecule has 3 rings (SSSR count). The summed E-state index contributed by atoms with van der Waals surface area (Å²) in [5.41, 5.74) is 3.17. The van der Waals surface area contributed by atoms with Crippen molar-refractivity contribution >= 4 is 22.5 Å². The molecule has 0 unspecified atom stereocenters. The van der Waals surface area contributed by atoms with Crippen molar-refractivity contribution in [1.29, 1.82) is 0 Å². The van der Waals surface area contributed by atoms with Gasteiger partial charge in [-0.15, -0.1) is 0 Å². The van der Waals surface area contributed by atoms with Crippen molar-refractivity contribution in [2.75, 3.05) is 5.32 Å². The number of halogens is 1. The monoisotopic (exact) mass is 308 g/mol. The quantitative estimate of drug-likeness (QED) is 0.782. The minimum Gasteiger partial charge on any atom is -0.325 e. The van der Waals surface area contributed by atoms with Gasteiger partial charge in [0.25, 0.3) is 0 Å². The van der Waals surface area contributed by atoms with E-state index in [1.54, 1.807) is 12.1 Å². The Morgan fingerprint density at radius 3 is 2.70 bits per heavy atom. The number of anilines is 1. The lowest BCUT2D eigenvalue weighted by atomic mass is 10.1. The molecule has 0 saturated carbocycles. The van der Waals surface area contributed by atoms with E-state index in [2.05, 4.69) is 10.3 Å². The van der Waals surface area contributed by atoms with Gasteiger partial charge in [-0.05, 0) is 43.2 Å². The zero-order valence-electron chi connectivity index (χ0n) is 12.8. The Hall–Kier alpha value is -2.75. The number of hydrogen-bond acceptors (Lipinski definition) is 2. The van der Waals surface area contributed by atoms with Crippen LogP contribution in [0.25, 0.3) is 10.9 Å². The maximum atomic E-state index is 13.5. The van der Waals surface area contributed by atoms with E-state index < -0.39 is 0 Å². The van der Waals surface area contributed by atoms with Crippen molar-refractivity contribution in [3.05, 3.63) is 71.7 Å². The molecule has 1 heterocycles. The van der Waals surface area contributed by atoms with Crippen molar-refractivity contribution in [1.82, 2.24) is 4.98 Å². The second-order valence-corrected chi connectivity index (χ2v) is 5.51. The molecule has 116 valence electrons. The Morgan fingerprint density at radius 2 is 1.91 bits per heavy atom. The molecule has 0 fully saturated rings. The van der Waals surface area contributed by atoms with E-state index in [0.29, 0.717) is 29.4 Å². The third kappa shape index (κ3) is 3.72. The zero-order valence-corrected chi connectivity index (χ0v) is 12.8. The number of carbonyl (C=O) groups is 1. The van der Waals surface area contributed by atoms with Gasteiger partial charge in [0, 0.05) is 17.5 Å². The number of pyridine rings is 1. The first-order valence-electron chi connectivity index (χ1n) is 7.52. The Morgan fingerprint density at radius 1 is 1.13 bits per heavy atom. The number of nitrogens with zero attached hydrogens (tertiary/aromatic N) is 1. The summed E-state index contributed by atoms with van der Waals surface area (Å²) >= 11 is 0. The molecule has 0 spiro atoms. The molecule has 0 aliphatic carbocycles. The number of rotatable bonds is 4. The number of amides is 1. The summed E-state index contributed by atoms with van der Waals surface area (Å²) in [4.78, 5) is 16.6. The highest BCUT2D eigenvalue weighted by Gasteiger charge is 2.09. The molecule has 1 aromatic heterocycles.